The molecule has 10 heteroatoms. The first kappa shape index (κ1) is 21.1. The van der Waals surface area contributed by atoms with Gasteiger partial charge in [0.2, 0.25) is 11.8 Å². The lowest BCUT2D eigenvalue weighted by Crippen LogP contribution is -2.33. The van der Waals surface area contributed by atoms with Crippen LogP contribution in [0.2, 0.25) is 0 Å². The van der Waals surface area contributed by atoms with Crippen molar-refractivity contribution in [2.24, 2.45) is 5.92 Å². The second-order valence-electron chi connectivity index (χ2n) is 6.74. The van der Waals surface area contributed by atoms with E-state index in [4.69, 9.17) is 0 Å². The van der Waals surface area contributed by atoms with E-state index in [1.807, 2.05) is 0 Å². The van der Waals surface area contributed by atoms with Gasteiger partial charge in [-0.3, -0.25) is 14.6 Å². The van der Waals surface area contributed by atoms with Gasteiger partial charge in [-0.1, -0.05) is 18.2 Å². The Morgan fingerprint density at radius 3 is 2.72 bits per heavy atom. The SMILES string of the molecule is CN1C[C@H](c2cccc(C(F)(F)F)c2)[C@@H](C(=O)Nc2cnccc2[S+](C)[O-])C1=O. The smallest absolute Gasteiger partial charge is 0.416 e. The van der Waals surface area contributed by atoms with E-state index >= 15 is 0 Å². The van der Waals surface area contributed by atoms with Crippen LogP contribution in [-0.2, 0) is 26.9 Å². The molecular weight excluding hydrogens is 407 g/mol. The number of benzene rings is 1. The molecule has 29 heavy (non-hydrogen) atoms. The molecule has 2 heterocycles. The van der Waals surface area contributed by atoms with Gasteiger partial charge in [0.1, 0.15) is 17.9 Å². The van der Waals surface area contributed by atoms with Crippen LogP contribution < -0.4 is 5.32 Å². The molecule has 0 saturated carbocycles. The second-order valence-corrected chi connectivity index (χ2v) is 8.09. The molecule has 0 radical (unpaired) electrons. The lowest BCUT2D eigenvalue weighted by Gasteiger charge is -2.19. The monoisotopic (exact) mass is 425 g/mol. The third-order valence-electron chi connectivity index (χ3n) is 4.79. The van der Waals surface area contributed by atoms with Gasteiger partial charge in [-0.2, -0.15) is 13.2 Å². The minimum Gasteiger partial charge on any atom is -0.612 e. The summed E-state index contributed by atoms with van der Waals surface area (Å²) in [4.78, 5) is 31.0. The molecule has 1 unspecified atom stereocenters. The Morgan fingerprint density at radius 2 is 2.07 bits per heavy atom. The van der Waals surface area contributed by atoms with Gasteiger partial charge in [0.25, 0.3) is 0 Å². The fourth-order valence-corrected chi connectivity index (χ4v) is 4.04. The number of hydrogen-bond acceptors (Lipinski definition) is 4. The molecule has 6 nitrogen and oxygen atoms in total. The van der Waals surface area contributed by atoms with Crippen LogP contribution in [0.25, 0.3) is 0 Å². The highest BCUT2D eigenvalue weighted by Crippen LogP contribution is 2.37. The molecule has 3 atom stereocenters. The molecule has 0 aliphatic carbocycles. The van der Waals surface area contributed by atoms with Crippen molar-refractivity contribution in [3.8, 4) is 0 Å². The summed E-state index contributed by atoms with van der Waals surface area (Å²) in [6, 6.07) is 6.13. The summed E-state index contributed by atoms with van der Waals surface area (Å²) in [6.45, 7) is 0.109. The van der Waals surface area contributed by atoms with Crippen molar-refractivity contribution in [3.05, 3.63) is 53.9 Å². The van der Waals surface area contributed by atoms with Crippen LogP contribution in [0.3, 0.4) is 0 Å². The van der Waals surface area contributed by atoms with Crippen molar-refractivity contribution in [2.45, 2.75) is 17.0 Å². The summed E-state index contributed by atoms with van der Waals surface area (Å²) >= 11 is -1.41. The van der Waals surface area contributed by atoms with Gasteiger partial charge in [0, 0.05) is 31.8 Å². The lowest BCUT2D eigenvalue weighted by atomic mass is 9.87. The molecule has 1 aliphatic rings. The number of likely N-dealkylation sites (tertiary alicyclic amines) is 1. The lowest BCUT2D eigenvalue weighted by molar-refractivity contribution is -0.137. The van der Waals surface area contributed by atoms with E-state index in [1.165, 1.54) is 48.8 Å². The predicted molar refractivity (Wildman–Crippen MR) is 101 cm³/mol. The summed E-state index contributed by atoms with van der Waals surface area (Å²) in [5, 5.41) is 2.57. The van der Waals surface area contributed by atoms with E-state index in [-0.39, 0.29) is 17.8 Å². The minimum absolute atomic E-state index is 0.109. The quantitative estimate of drug-likeness (QED) is 0.603. The number of halogens is 3. The molecule has 3 rings (SSSR count). The van der Waals surface area contributed by atoms with Crippen molar-refractivity contribution in [2.75, 3.05) is 25.2 Å². The topological polar surface area (TPSA) is 85.4 Å². The fourth-order valence-electron chi connectivity index (χ4n) is 3.38. The van der Waals surface area contributed by atoms with Crippen molar-refractivity contribution in [1.29, 1.82) is 0 Å². The predicted octanol–water partition coefficient (Wildman–Crippen LogP) is 2.65. The first-order valence-corrected chi connectivity index (χ1v) is 10.2. The molecule has 1 aromatic carbocycles. The molecule has 1 aliphatic heterocycles. The Morgan fingerprint density at radius 1 is 1.34 bits per heavy atom. The molecule has 2 amide bonds. The first-order chi connectivity index (χ1) is 13.6. The number of carbonyl (C=O) groups excluding carboxylic acids is 2. The average molecular weight is 425 g/mol. The maximum absolute atomic E-state index is 13.1. The average Bonchev–Trinajstić information content (AvgIpc) is 2.96. The number of alkyl halides is 3. The number of hydrogen-bond donors (Lipinski definition) is 1. The van der Waals surface area contributed by atoms with Gasteiger partial charge in [-0.15, -0.1) is 0 Å². The third-order valence-corrected chi connectivity index (χ3v) is 5.76. The first-order valence-electron chi connectivity index (χ1n) is 8.60. The van der Waals surface area contributed by atoms with E-state index in [0.29, 0.717) is 4.90 Å². The maximum atomic E-state index is 13.1. The van der Waals surface area contributed by atoms with Crippen LogP contribution in [0.5, 0.6) is 0 Å². The molecule has 2 aromatic rings. The standard InChI is InChI=1S/C19H18F3N3O3S/c1-25-10-13(11-4-3-5-12(8-11)19(20,21)22)16(18(25)27)17(26)24-14-9-23-7-6-15(14)29(2)28/h3-9,13,16H,10H2,1-2H3,(H,24,26)/t13-,16+,29?/m1/s1. The van der Waals surface area contributed by atoms with Crippen LogP contribution in [-0.4, -0.2) is 46.1 Å². The Hall–Kier alpha value is -2.59. The fraction of sp³-hybridized carbons (Fsp3) is 0.316. The number of nitrogens with zero attached hydrogens (tertiary/aromatic N) is 2. The number of nitrogens with one attached hydrogen (secondary N) is 1. The second kappa shape index (κ2) is 8.03. The van der Waals surface area contributed by atoms with E-state index in [9.17, 15) is 27.3 Å². The zero-order chi connectivity index (χ0) is 21.3. The van der Waals surface area contributed by atoms with Gasteiger partial charge in [-0.05, 0) is 22.8 Å². The van der Waals surface area contributed by atoms with E-state index < -0.39 is 46.6 Å². The maximum Gasteiger partial charge on any atom is 0.416 e. The summed E-state index contributed by atoms with van der Waals surface area (Å²) in [5.41, 5.74) is -0.390. The molecule has 1 N–H and O–H groups in total. The number of aromatic nitrogens is 1. The molecule has 154 valence electrons. The van der Waals surface area contributed by atoms with E-state index in [2.05, 4.69) is 10.3 Å². The van der Waals surface area contributed by atoms with E-state index in [1.54, 1.807) is 0 Å². The van der Waals surface area contributed by atoms with Gasteiger partial charge < -0.3 is 14.8 Å². The molecule has 0 bridgehead atoms. The van der Waals surface area contributed by atoms with Gasteiger partial charge in [0.05, 0.1) is 11.8 Å². The third kappa shape index (κ3) is 4.38. The molecule has 1 fully saturated rings. The normalized spacial score (nSPS) is 20.6. The number of carbonyl (C=O) groups is 2. The van der Waals surface area contributed by atoms with Crippen LogP contribution in [0, 0.1) is 5.92 Å². The molecular formula is C19H18F3N3O3S. The van der Waals surface area contributed by atoms with Gasteiger partial charge in [-0.25, -0.2) is 0 Å². The number of likely N-dealkylation sites (N-methyl/N-ethyl adjacent to an activating group) is 1. The largest absolute Gasteiger partial charge is 0.612 e. The highest BCUT2D eigenvalue weighted by Gasteiger charge is 2.45. The van der Waals surface area contributed by atoms with E-state index in [0.717, 1.165) is 12.1 Å². The summed E-state index contributed by atoms with van der Waals surface area (Å²) < 4.78 is 51.1. The summed E-state index contributed by atoms with van der Waals surface area (Å²) in [7, 11) is 1.49. The summed E-state index contributed by atoms with van der Waals surface area (Å²) in [5.74, 6) is -3.13. The van der Waals surface area contributed by atoms with Crippen LogP contribution in [0.15, 0.2) is 47.6 Å². The number of amides is 2. The molecule has 1 saturated heterocycles. The van der Waals surface area contributed by atoms with Crippen LogP contribution in [0.4, 0.5) is 18.9 Å². The Labute approximate surface area is 168 Å². The van der Waals surface area contributed by atoms with Crippen LogP contribution in [0.1, 0.15) is 17.0 Å². The molecule has 1 aromatic heterocycles. The van der Waals surface area contributed by atoms with Crippen molar-refractivity contribution in [1.82, 2.24) is 9.88 Å². The van der Waals surface area contributed by atoms with Crippen molar-refractivity contribution in [3.63, 3.8) is 0 Å². The van der Waals surface area contributed by atoms with Crippen LogP contribution >= 0.6 is 0 Å². The Balaban J connectivity index is 1.92. The number of pyridine rings is 1. The zero-order valence-electron chi connectivity index (χ0n) is 15.6. The molecule has 0 spiro atoms. The van der Waals surface area contributed by atoms with Crippen molar-refractivity contribution >= 4 is 28.7 Å². The highest BCUT2D eigenvalue weighted by atomic mass is 32.2. The van der Waals surface area contributed by atoms with Gasteiger partial charge in [0.15, 0.2) is 4.90 Å². The summed E-state index contributed by atoms with van der Waals surface area (Å²) in [6.07, 6.45) is -0.355. The van der Waals surface area contributed by atoms with Crippen molar-refractivity contribution < 1.29 is 27.3 Å². The number of rotatable bonds is 4. The number of anilines is 1. The minimum atomic E-state index is -4.53. The Kier molecular flexibility index (Phi) is 5.85. The van der Waals surface area contributed by atoms with Gasteiger partial charge >= 0.3 is 6.18 Å². The Bertz CT molecular complexity index is 936. The zero-order valence-corrected chi connectivity index (χ0v) is 16.4. The highest BCUT2D eigenvalue weighted by molar-refractivity contribution is 7.90.